The zero-order chi connectivity index (χ0) is 13.5. The highest BCUT2D eigenvalue weighted by atomic mass is 32.2. The van der Waals surface area contributed by atoms with E-state index in [1.165, 1.54) is 0 Å². The van der Waals surface area contributed by atoms with E-state index in [9.17, 15) is 5.26 Å². The summed E-state index contributed by atoms with van der Waals surface area (Å²) >= 11 is 1.61. The lowest BCUT2D eigenvalue weighted by Crippen LogP contribution is -2.39. The molecule has 1 aliphatic heterocycles. The van der Waals surface area contributed by atoms with Crippen LogP contribution in [0.5, 0.6) is 0 Å². The van der Waals surface area contributed by atoms with Crippen LogP contribution in [0, 0.1) is 11.3 Å². The summed E-state index contributed by atoms with van der Waals surface area (Å²) in [5, 5.41) is 12.6. The standard InChI is InChI=1S/C14H19N3OS/c1-19-14-4-2-3-13(12(14)11-15)16-5-6-17-7-9-18-10-8-17/h2-4,16H,5-10H2,1H3. The van der Waals surface area contributed by atoms with Crippen molar-refractivity contribution in [2.75, 3.05) is 51.0 Å². The molecule has 4 nitrogen and oxygen atoms in total. The molecular formula is C14H19N3OS. The summed E-state index contributed by atoms with van der Waals surface area (Å²) in [5.41, 5.74) is 1.68. The van der Waals surface area contributed by atoms with Crippen LogP contribution in [-0.4, -0.2) is 50.5 Å². The van der Waals surface area contributed by atoms with Gasteiger partial charge in [0.25, 0.3) is 0 Å². The van der Waals surface area contributed by atoms with Gasteiger partial charge in [-0.15, -0.1) is 11.8 Å². The van der Waals surface area contributed by atoms with Crippen LogP contribution in [0.3, 0.4) is 0 Å². The molecule has 0 spiro atoms. The molecule has 0 bridgehead atoms. The molecule has 1 fully saturated rings. The minimum absolute atomic E-state index is 0.747. The number of nitriles is 1. The summed E-state index contributed by atoms with van der Waals surface area (Å²) in [6.45, 7) is 5.48. The normalized spacial score (nSPS) is 16.0. The molecule has 1 aromatic rings. The lowest BCUT2D eigenvalue weighted by Gasteiger charge is -2.26. The van der Waals surface area contributed by atoms with Crippen LogP contribution >= 0.6 is 11.8 Å². The molecule has 5 heteroatoms. The van der Waals surface area contributed by atoms with Gasteiger partial charge in [-0.3, -0.25) is 4.90 Å². The molecule has 1 aliphatic rings. The first kappa shape index (κ1) is 14.2. The van der Waals surface area contributed by atoms with Crippen LogP contribution in [-0.2, 0) is 4.74 Å². The average molecular weight is 277 g/mol. The van der Waals surface area contributed by atoms with Gasteiger partial charge in [-0.05, 0) is 18.4 Å². The van der Waals surface area contributed by atoms with Crippen LogP contribution in [0.15, 0.2) is 23.1 Å². The van der Waals surface area contributed by atoms with E-state index in [0.29, 0.717) is 0 Å². The first-order valence-electron chi connectivity index (χ1n) is 6.46. The van der Waals surface area contributed by atoms with Crippen LogP contribution < -0.4 is 5.32 Å². The van der Waals surface area contributed by atoms with Gasteiger partial charge in [-0.25, -0.2) is 0 Å². The number of anilines is 1. The highest BCUT2D eigenvalue weighted by Crippen LogP contribution is 2.26. The van der Waals surface area contributed by atoms with E-state index in [4.69, 9.17) is 4.74 Å². The van der Waals surface area contributed by atoms with Crippen molar-refractivity contribution in [3.05, 3.63) is 23.8 Å². The van der Waals surface area contributed by atoms with E-state index in [2.05, 4.69) is 16.3 Å². The quantitative estimate of drug-likeness (QED) is 0.835. The van der Waals surface area contributed by atoms with E-state index in [0.717, 1.165) is 55.5 Å². The Bertz CT molecular complexity index is 452. The minimum Gasteiger partial charge on any atom is -0.383 e. The number of nitrogens with one attached hydrogen (secondary N) is 1. The van der Waals surface area contributed by atoms with Crippen LogP contribution in [0.1, 0.15) is 5.56 Å². The number of thioether (sulfide) groups is 1. The SMILES string of the molecule is CSc1cccc(NCCN2CCOCC2)c1C#N. The Morgan fingerprint density at radius 1 is 1.42 bits per heavy atom. The Balaban J connectivity index is 1.90. The van der Waals surface area contributed by atoms with E-state index in [-0.39, 0.29) is 0 Å². The Hall–Kier alpha value is -1.22. The van der Waals surface area contributed by atoms with E-state index in [1.54, 1.807) is 11.8 Å². The Labute approximate surface area is 118 Å². The van der Waals surface area contributed by atoms with Gasteiger partial charge >= 0.3 is 0 Å². The van der Waals surface area contributed by atoms with Crippen molar-refractivity contribution < 1.29 is 4.74 Å². The van der Waals surface area contributed by atoms with Gasteiger partial charge in [-0.1, -0.05) is 6.07 Å². The smallest absolute Gasteiger partial charge is 0.102 e. The molecule has 0 aliphatic carbocycles. The fourth-order valence-electron chi connectivity index (χ4n) is 2.14. The Morgan fingerprint density at radius 2 is 2.21 bits per heavy atom. The maximum Gasteiger partial charge on any atom is 0.102 e. The second-order valence-electron chi connectivity index (χ2n) is 4.38. The fraction of sp³-hybridized carbons (Fsp3) is 0.500. The second kappa shape index (κ2) is 7.39. The van der Waals surface area contributed by atoms with E-state index < -0.39 is 0 Å². The van der Waals surface area contributed by atoms with Gasteiger partial charge in [-0.2, -0.15) is 5.26 Å². The molecule has 0 radical (unpaired) electrons. The summed E-state index contributed by atoms with van der Waals surface area (Å²) in [4.78, 5) is 3.40. The summed E-state index contributed by atoms with van der Waals surface area (Å²) in [6.07, 6.45) is 1.99. The molecule has 2 rings (SSSR count). The number of morpholine rings is 1. The van der Waals surface area contributed by atoms with Gasteiger partial charge < -0.3 is 10.1 Å². The first-order chi connectivity index (χ1) is 9.35. The summed E-state index contributed by atoms with van der Waals surface area (Å²) in [6, 6.07) is 8.23. The zero-order valence-electron chi connectivity index (χ0n) is 11.2. The molecule has 0 amide bonds. The number of hydrogen-bond donors (Lipinski definition) is 1. The van der Waals surface area contributed by atoms with Gasteiger partial charge in [0.1, 0.15) is 6.07 Å². The predicted molar refractivity (Wildman–Crippen MR) is 78.7 cm³/mol. The van der Waals surface area contributed by atoms with E-state index in [1.807, 2.05) is 24.5 Å². The fourth-order valence-corrected chi connectivity index (χ4v) is 2.71. The van der Waals surface area contributed by atoms with Crippen LogP contribution in [0.2, 0.25) is 0 Å². The second-order valence-corrected chi connectivity index (χ2v) is 5.22. The molecule has 102 valence electrons. The van der Waals surface area contributed by atoms with Crippen molar-refractivity contribution >= 4 is 17.4 Å². The zero-order valence-corrected chi connectivity index (χ0v) is 12.0. The molecule has 1 N–H and O–H groups in total. The third kappa shape index (κ3) is 3.87. The molecule has 0 unspecified atom stereocenters. The molecular weight excluding hydrogens is 258 g/mol. The highest BCUT2D eigenvalue weighted by Gasteiger charge is 2.10. The number of ether oxygens (including phenoxy) is 1. The molecule has 19 heavy (non-hydrogen) atoms. The van der Waals surface area contributed by atoms with Gasteiger partial charge in [0, 0.05) is 31.1 Å². The van der Waals surface area contributed by atoms with Crippen molar-refractivity contribution in [1.82, 2.24) is 4.90 Å². The predicted octanol–water partition coefficient (Wildman–Crippen LogP) is 2.02. The van der Waals surface area contributed by atoms with Gasteiger partial charge in [0.15, 0.2) is 0 Å². The lowest BCUT2D eigenvalue weighted by molar-refractivity contribution is 0.0398. The molecule has 1 heterocycles. The number of benzene rings is 1. The summed E-state index contributed by atoms with van der Waals surface area (Å²) < 4.78 is 5.32. The third-order valence-electron chi connectivity index (χ3n) is 3.21. The van der Waals surface area contributed by atoms with Gasteiger partial charge in [0.2, 0.25) is 0 Å². The van der Waals surface area contributed by atoms with Crippen molar-refractivity contribution in [1.29, 1.82) is 5.26 Å². The Kier molecular flexibility index (Phi) is 5.52. The number of rotatable bonds is 5. The minimum atomic E-state index is 0.747. The number of hydrogen-bond acceptors (Lipinski definition) is 5. The number of nitrogens with zero attached hydrogens (tertiary/aromatic N) is 2. The van der Waals surface area contributed by atoms with Crippen molar-refractivity contribution in [2.24, 2.45) is 0 Å². The van der Waals surface area contributed by atoms with Gasteiger partial charge in [0.05, 0.1) is 24.5 Å². The molecule has 0 saturated carbocycles. The van der Waals surface area contributed by atoms with Crippen molar-refractivity contribution in [2.45, 2.75) is 4.90 Å². The maximum atomic E-state index is 9.25. The highest BCUT2D eigenvalue weighted by molar-refractivity contribution is 7.98. The molecule has 0 atom stereocenters. The molecule has 1 aromatic carbocycles. The van der Waals surface area contributed by atoms with Crippen molar-refractivity contribution in [3.63, 3.8) is 0 Å². The largest absolute Gasteiger partial charge is 0.383 e. The average Bonchev–Trinajstić information content (AvgIpc) is 2.48. The van der Waals surface area contributed by atoms with E-state index >= 15 is 0 Å². The van der Waals surface area contributed by atoms with Crippen LogP contribution in [0.4, 0.5) is 5.69 Å². The molecule has 1 saturated heterocycles. The topological polar surface area (TPSA) is 48.3 Å². The summed E-state index contributed by atoms with van der Waals surface area (Å²) in [5.74, 6) is 0. The maximum absolute atomic E-state index is 9.25. The van der Waals surface area contributed by atoms with Crippen LogP contribution in [0.25, 0.3) is 0 Å². The third-order valence-corrected chi connectivity index (χ3v) is 3.99. The Morgan fingerprint density at radius 3 is 2.89 bits per heavy atom. The lowest BCUT2D eigenvalue weighted by atomic mass is 10.2. The summed E-state index contributed by atoms with van der Waals surface area (Å²) in [7, 11) is 0. The monoisotopic (exact) mass is 277 g/mol. The first-order valence-corrected chi connectivity index (χ1v) is 7.68. The molecule has 0 aromatic heterocycles. The van der Waals surface area contributed by atoms with Crippen molar-refractivity contribution in [3.8, 4) is 6.07 Å².